The van der Waals surface area contributed by atoms with E-state index in [1.165, 1.54) is 0 Å². The minimum absolute atomic E-state index is 0.808. The Morgan fingerprint density at radius 3 is 3.00 bits per heavy atom. The normalized spacial score (nSPS) is 9.80. The number of nitrogens with zero attached hydrogens (tertiary/aromatic N) is 2. The number of aryl methyl sites for hydroxylation is 1. The Balaban J connectivity index is 2.87. The Bertz CT molecular complexity index is 193. The Morgan fingerprint density at radius 2 is 2.40 bits per heavy atom. The summed E-state index contributed by atoms with van der Waals surface area (Å²) >= 11 is 3.33. The van der Waals surface area contributed by atoms with Gasteiger partial charge in [-0.05, 0) is 6.07 Å². The molecule has 1 heterocycles. The minimum atomic E-state index is 0.808. The molecule has 0 bridgehead atoms. The average Bonchev–Trinajstić information content (AvgIpc) is 2.05. The van der Waals surface area contributed by atoms with E-state index >= 15 is 0 Å². The number of halogens is 1. The fraction of sp³-hybridized carbons (Fsp3) is 0.429. The van der Waals surface area contributed by atoms with Gasteiger partial charge in [0.25, 0.3) is 0 Å². The van der Waals surface area contributed by atoms with Crippen LogP contribution < -0.4 is 0 Å². The molecule has 0 spiro atoms. The van der Waals surface area contributed by atoms with Crippen LogP contribution in [0.25, 0.3) is 0 Å². The molecule has 0 N–H and O–H groups in total. The zero-order chi connectivity index (χ0) is 7.40. The van der Waals surface area contributed by atoms with Crippen LogP contribution in [0.3, 0.4) is 0 Å². The average molecular weight is 201 g/mol. The van der Waals surface area contributed by atoms with Gasteiger partial charge in [0.2, 0.25) is 0 Å². The predicted octanol–water partition coefficient (Wildman–Crippen LogP) is 1.93. The molecule has 10 heavy (non-hydrogen) atoms. The summed E-state index contributed by atoms with van der Waals surface area (Å²) in [5.74, 6) is 0.914. The smallest absolute Gasteiger partial charge is 0.128 e. The van der Waals surface area contributed by atoms with Crippen LogP contribution in [-0.4, -0.2) is 9.97 Å². The van der Waals surface area contributed by atoms with Gasteiger partial charge in [0.15, 0.2) is 0 Å². The van der Waals surface area contributed by atoms with Crippen molar-refractivity contribution in [1.82, 2.24) is 9.97 Å². The van der Waals surface area contributed by atoms with Crippen LogP contribution in [0.4, 0.5) is 0 Å². The summed E-state index contributed by atoms with van der Waals surface area (Å²) < 4.78 is 0. The third-order valence-corrected chi connectivity index (χ3v) is 1.79. The van der Waals surface area contributed by atoms with E-state index in [-0.39, 0.29) is 0 Å². The zero-order valence-electron chi connectivity index (χ0n) is 5.84. The first-order valence-corrected chi connectivity index (χ1v) is 4.35. The predicted molar refractivity (Wildman–Crippen MR) is 44.0 cm³/mol. The molecule has 0 aliphatic heterocycles. The summed E-state index contributed by atoms with van der Waals surface area (Å²) in [4.78, 5) is 8.33. The number of alkyl halides is 1. The monoisotopic (exact) mass is 200 g/mol. The van der Waals surface area contributed by atoms with Crippen molar-refractivity contribution >= 4 is 15.9 Å². The van der Waals surface area contributed by atoms with E-state index < -0.39 is 0 Å². The van der Waals surface area contributed by atoms with E-state index in [4.69, 9.17) is 0 Å². The van der Waals surface area contributed by atoms with Crippen LogP contribution in [-0.2, 0) is 11.8 Å². The molecule has 0 fully saturated rings. The first-order chi connectivity index (χ1) is 4.86. The molecule has 54 valence electrons. The third-order valence-electron chi connectivity index (χ3n) is 1.22. The van der Waals surface area contributed by atoms with Crippen molar-refractivity contribution in [2.45, 2.75) is 18.7 Å². The lowest BCUT2D eigenvalue weighted by molar-refractivity contribution is 0.915. The Hall–Kier alpha value is -0.440. The Morgan fingerprint density at radius 1 is 1.60 bits per heavy atom. The van der Waals surface area contributed by atoms with Gasteiger partial charge in [0.1, 0.15) is 5.82 Å². The highest BCUT2D eigenvalue weighted by atomic mass is 79.9. The Labute approximate surface area is 68.8 Å². The summed E-state index contributed by atoms with van der Waals surface area (Å²) in [6, 6.07) is 1.91. The lowest BCUT2D eigenvalue weighted by atomic mass is 10.4. The standard InChI is InChI=1S/C7H9BrN2/c1-2-7-9-4-3-6(5-8)10-7/h3-4H,2,5H2,1H3. The summed E-state index contributed by atoms with van der Waals surface area (Å²) in [6.45, 7) is 2.05. The van der Waals surface area contributed by atoms with Crippen LogP contribution in [0.2, 0.25) is 0 Å². The highest BCUT2D eigenvalue weighted by Crippen LogP contribution is 2.00. The summed E-state index contributed by atoms with van der Waals surface area (Å²) in [6.07, 6.45) is 2.70. The molecule has 0 amide bonds. The van der Waals surface area contributed by atoms with E-state index in [0.717, 1.165) is 23.3 Å². The molecule has 3 heteroatoms. The molecule has 0 aromatic carbocycles. The van der Waals surface area contributed by atoms with Crippen molar-refractivity contribution in [3.63, 3.8) is 0 Å². The fourth-order valence-corrected chi connectivity index (χ4v) is 0.998. The molecule has 1 aromatic heterocycles. The molecule has 0 saturated heterocycles. The summed E-state index contributed by atoms with van der Waals surface area (Å²) in [7, 11) is 0. The second-order valence-corrected chi connectivity index (χ2v) is 2.51. The maximum atomic E-state index is 4.25. The van der Waals surface area contributed by atoms with Crippen LogP contribution in [0.15, 0.2) is 12.3 Å². The van der Waals surface area contributed by atoms with E-state index in [0.29, 0.717) is 0 Å². The van der Waals surface area contributed by atoms with Crippen LogP contribution >= 0.6 is 15.9 Å². The summed E-state index contributed by atoms with van der Waals surface area (Å²) in [5.41, 5.74) is 1.05. The van der Waals surface area contributed by atoms with Gasteiger partial charge in [-0.2, -0.15) is 0 Å². The van der Waals surface area contributed by atoms with Crippen molar-refractivity contribution in [2.24, 2.45) is 0 Å². The van der Waals surface area contributed by atoms with Crippen LogP contribution in [0.1, 0.15) is 18.4 Å². The van der Waals surface area contributed by atoms with E-state index in [1.54, 1.807) is 6.20 Å². The Kier molecular flexibility index (Phi) is 2.81. The molecular formula is C7H9BrN2. The summed E-state index contributed by atoms with van der Waals surface area (Å²) in [5, 5.41) is 0.808. The highest BCUT2D eigenvalue weighted by Gasteiger charge is 1.93. The number of hydrogen-bond donors (Lipinski definition) is 0. The van der Waals surface area contributed by atoms with E-state index in [9.17, 15) is 0 Å². The van der Waals surface area contributed by atoms with Gasteiger partial charge in [0.05, 0.1) is 5.69 Å². The molecule has 1 rings (SSSR count). The van der Waals surface area contributed by atoms with Gasteiger partial charge >= 0.3 is 0 Å². The van der Waals surface area contributed by atoms with Crippen LogP contribution in [0, 0.1) is 0 Å². The lowest BCUT2D eigenvalue weighted by Crippen LogP contribution is -1.94. The largest absolute Gasteiger partial charge is 0.241 e. The quantitative estimate of drug-likeness (QED) is 0.683. The van der Waals surface area contributed by atoms with Crippen molar-refractivity contribution < 1.29 is 0 Å². The molecular weight excluding hydrogens is 192 g/mol. The van der Waals surface area contributed by atoms with E-state index in [2.05, 4.69) is 25.9 Å². The molecule has 0 atom stereocenters. The number of rotatable bonds is 2. The second kappa shape index (κ2) is 3.66. The topological polar surface area (TPSA) is 25.8 Å². The minimum Gasteiger partial charge on any atom is -0.241 e. The third kappa shape index (κ3) is 1.77. The van der Waals surface area contributed by atoms with Gasteiger partial charge in [-0.15, -0.1) is 0 Å². The fourth-order valence-electron chi connectivity index (χ4n) is 0.686. The van der Waals surface area contributed by atoms with Gasteiger partial charge in [-0.3, -0.25) is 0 Å². The molecule has 1 aromatic rings. The first kappa shape index (κ1) is 7.66. The SMILES string of the molecule is CCc1nccc(CBr)n1. The molecule has 0 saturated carbocycles. The van der Waals surface area contributed by atoms with Gasteiger partial charge < -0.3 is 0 Å². The highest BCUT2D eigenvalue weighted by molar-refractivity contribution is 9.08. The second-order valence-electron chi connectivity index (χ2n) is 1.95. The molecule has 0 unspecified atom stereocenters. The van der Waals surface area contributed by atoms with Gasteiger partial charge in [-0.1, -0.05) is 22.9 Å². The zero-order valence-corrected chi connectivity index (χ0v) is 7.43. The van der Waals surface area contributed by atoms with Gasteiger partial charge in [-0.25, -0.2) is 9.97 Å². The lowest BCUT2D eigenvalue weighted by Gasteiger charge is -1.95. The molecule has 0 aliphatic carbocycles. The van der Waals surface area contributed by atoms with Crippen molar-refractivity contribution in [1.29, 1.82) is 0 Å². The van der Waals surface area contributed by atoms with Crippen LogP contribution in [0.5, 0.6) is 0 Å². The van der Waals surface area contributed by atoms with Gasteiger partial charge in [0, 0.05) is 17.9 Å². The molecule has 0 radical (unpaired) electrons. The van der Waals surface area contributed by atoms with Crippen molar-refractivity contribution in [3.05, 3.63) is 23.8 Å². The molecule has 0 aliphatic rings. The number of hydrogen-bond acceptors (Lipinski definition) is 2. The maximum Gasteiger partial charge on any atom is 0.128 e. The van der Waals surface area contributed by atoms with E-state index in [1.807, 2.05) is 13.0 Å². The number of aromatic nitrogens is 2. The van der Waals surface area contributed by atoms with Crippen molar-refractivity contribution in [2.75, 3.05) is 0 Å². The van der Waals surface area contributed by atoms with Crippen molar-refractivity contribution in [3.8, 4) is 0 Å². The maximum absolute atomic E-state index is 4.25. The first-order valence-electron chi connectivity index (χ1n) is 3.23. The molecule has 2 nitrogen and oxygen atoms in total.